The average Bonchev–Trinajstić information content (AvgIpc) is 1.80. The van der Waals surface area contributed by atoms with Crippen LogP contribution in [0.15, 0.2) is 0 Å². The summed E-state index contributed by atoms with van der Waals surface area (Å²) in [5.41, 5.74) is 0. The molecule has 0 saturated carbocycles. The summed E-state index contributed by atoms with van der Waals surface area (Å²) >= 11 is 0. The minimum atomic E-state index is 0.344. The van der Waals surface area contributed by atoms with Crippen molar-refractivity contribution in [2.45, 2.75) is 20.0 Å². The lowest BCUT2D eigenvalue weighted by Crippen LogP contribution is -2.20. The molecule has 0 unspecified atom stereocenters. The maximum absolute atomic E-state index is 5.25. The van der Waals surface area contributed by atoms with Crippen LogP contribution >= 0.6 is 0 Å². The molecule has 0 heterocycles. The highest BCUT2D eigenvalue weighted by atomic mass is 16.5. The van der Waals surface area contributed by atoms with Gasteiger partial charge in [0.1, 0.15) is 0 Å². The third kappa shape index (κ3) is 7.92. The highest BCUT2D eigenvalue weighted by molar-refractivity contribution is 4.46. The normalized spacial score (nSPS) is 10.7. The summed E-state index contributed by atoms with van der Waals surface area (Å²) < 4.78 is 5.25. The molecule has 1 radical (unpaired) electrons. The van der Waals surface area contributed by atoms with Crippen LogP contribution in [0.1, 0.15) is 13.8 Å². The first-order valence-electron chi connectivity index (χ1n) is 3.39. The largest absolute Gasteiger partial charge is 0.377 e. The molecule has 0 aromatic rings. The van der Waals surface area contributed by atoms with Crippen LogP contribution < -0.4 is 5.32 Å². The quantitative estimate of drug-likeness (QED) is 0.557. The van der Waals surface area contributed by atoms with E-state index < -0.39 is 0 Å². The highest BCUT2D eigenvalue weighted by Gasteiger charge is 1.89. The SMILES string of the molecule is [CH2]CNCCOC(C)C. The minimum Gasteiger partial charge on any atom is -0.377 e. The van der Waals surface area contributed by atoms with Crippen molar-refractivity contribution in [3.63, 3.8) is 0 Å². The molecule has 2 nitrogen and oxygen atoms in total. The molecule has 0 rings (SSSR count). The monoisotopic (exact) mass is 130 g/mol. The summed E-state index contributed by atoms with van der Waals surface area (Å²) in [6.07, 6.45) is 0.344. The summed E-state index contributed by atoms with van der Waals surface area (Å²) in [6.45, 7) is 10.2. The lowest BCUT2D eigenvalue weighted by molar-refractivity contribution is 0.0813. The van der Waals surface area contributed by atoms with Crippen molar-refractivity contribution in [3.8, 4) is 0 Å². The summed E-state index contributed by atoms with van der Waals surface area (Å²) in [4.78, 5) is 0. The zero-order valence-electron chi connectivity index (χ0n) is 6.31. The second-order valence-corrected chi connectivity index (χ2v) is 2.17. The van der Waals surface area contributed by atoms with Crippen molar-refractivity contribution in [1.82, 2.24) is 5.32 Å². The topological polar surface area (TPSA) is 21.3 Å². The summed E-state index contributed by atoms with van der Waals surface area (Å²) in [5, 5.41) is 3.07. The van der Waals surface area contributed by atoms with E-state index in [4.69, 9.17) is 4.74 Å². The van der Waals surface area contributed by atoms with Gasteiger partial charge in [0.2, 0.25) is 0 Å². The lowest BCUT2D eigenvalue weighted by Gasteiger charge is -2.06. The molecule has 0 aliphatic heterocycles. The molecule has 0 saturated heterocycles. The van der Waals surface area contributed by atoms with Crippen LogP contribution in [0, 0.1) is 6.92 Å². The van der Waals surface area contributed by atoms with E-state index in [1.54, 1.807) is 0 Å². The molecule has 0 aromatic heterocycles. The van der Waals surface area contributed by atoms with Crippen molar-refractivity contribution in [2.24, 2.45) is 0 Å². The Kier molecular flexibility index (Phi) is 5.99. The molecule has 0 amide bonds. The molecule has 0 aliphatic rings. The fourth-order valence-electron chi connectivity index (χ4n) is 0.492. The Hall–Kier alpha value is -0.0800. The molecule has 0 atom stereocenters. The average molecular weight is 130 g/mol. The number of nitrogens with one attached hydrogen (secondary N) is 1. The van der Waals surface area contributed by atoms with Gasteiger partial charge in [-0.05, 0) is 27.3 Å². The fourth-order valence-corrected chi connectivity index (χ4v) is 0.492. The van der Waals surface area contributed by atoms with Gasteiger partial charge in [-0.2, -0.15) is 0 Å². The van der Waals surface area contributed by atoms with E-state index in [0.717, 1.165) is 19.7 Å². The second kappa shape index (κ2) is 6.05. The predicted molar refractivity (Wildman–Crippen MR) is 39.3 cm³/mol. The molecule has 2 heteroatoms. The first-order valence-corrected chi connectivity index (χ1v) is 3.39. The van der Waals surface area contributed by atoms with Crippen LogP contribution in [0.2, 0.25) is 0 Å². The molecule has 1 N–H and O–H groups in total. The van der Waals surface area contributed by atoms with Gasteiger partial charge in [-0.3, -0.25) is 0 Å². The first kappa shape index (κ1) is 8.92. The zero-order chi connectivity index (χ0) is 7.11. The Morgan fingerprint density at radius 2 is 2.22 bits per heavy atom. The predicted octanol–water partition coefficient (Wildman–Crippen LogP) is 0.835. The van der Waals surface area contributed by atoms with Gasteiger partial charge in [0, 0.05) is 6.54 Å². The standard InChI is InChI=1S/C7H16NO/c1-4-8-5-6-9-7(2)3/h7-8H,1,4-6H2,2-3H3. The van der Waals surface area contributed by atoms with Crippen molar-refractivity contribution < 1.29 is 4.74 Å². The van der Waals surface area contributed by atoms with E-state index in [1.807, 2.05) is 13.8 Å². The van der Waals surface area contributed by atoms with Crippen molar-refractivity contribution in [3.05, 3.63) is 6.92 Å². The lowest BCUT2D eigenvalue weighted by atomic mass is 10.5. The maximum atomic E-state index is 5.25. The Labute approximate surface area is 57.6 Å². The van der Waals surface area contributed by atoms with Crippen LogP contribution in [0.4, 0.5) is 0 Å². The van der Waals surface area contributed by atoms with Gasteiger partial charge in [-0.25, -0.2) is 0 Å². The van der Waals surface area contributed by atoms with E-state index in [2.05, 4.69) is 12.2 Å². The van der Waals surface area contributed by atoms with Gasteiger partial charge >= 0.3 is 0 Å². The molecule has 0 aliphatic carbocycles. The van der Waals surface area contributed by atoms with Gasteiger partial charge in [-0.1, -0.05) is 0 Å². The van der Waals surface area contributed by atoms with Crippen molar-refractivity contribution in [1.29, 1.82) is 0 Å². The van der Waals surface area contributed by atoms with E-state index in [0.29, 0.717) is 6.10 Å². The molecule has 0 bridgehead atoms. The van der Waals surface area contributed by atoms with Crippen LogP contribution in [0.3, 0.4) is 0 Å². The molecular weight excluding hydrogens is 114 g/mol. The number of ether oxygens (including phenoxy) is 1. The highest BCUT2D eigenvalue weighted by Crippen LogP contribution is 1.84. The van der Waals surface area contributed by atoms with Gasteiger partial charge in [0.25, 0.3) is 0 Å². The molecular formula is C7H16NO. The summed E-state index contributed by atoms with van der Waals surface area (Å²) in [6, 6.07) is 0. The summed E-state index contributed by atoms with van der Waals surface area (Å²) in [7, 11) is 0. The Bertz CT molecular complexity index is 54.9. The Morgan fingerprint density at radius 1 is 1.56 bits per heavy atom. The third-order valence-electron chi connectivity index (χ3n) is 0.907. The van der Waals surface area contributed by atoms with Crippen LogP contribution in [-0.2, 0) is 4.74 Å². The van der Waals surface area contributed by atoms with Gasteiger partial charge in [-0.15, -0.1) is 0 Å². The first-order chi connectivity index (χ1) is 4.27. The van der Waals surface area contributed by atoms with Crippen LogP contribution in [-0.4, -0.2) is 25.8 Å². The molecule has 55 valence electrons. The minimum absolute atomic E-state index is 0.344. The van der Waals surface area contributed by atoms with Crippen molar-refractivity contribution >= 4 is 0 Å². The van der Waals surface area contributed by atoms with Gasteiger partial charge in [0.05, 0.1) is 12.7 Å². The van der Waals surface area contributed by atoms with E-state index in [9.17, 15) is 0 Å². The Balaban J connectivity index is 2.75. The van der Waals surface area contributed by atoms with E-state index in [-0.39, 0.29) is 0 Å². The second-order valence-electron chi connectivity index (χ2n) is 2.17. The number of rotatable bonds is 5. The van der Waals surface area contributed by atoms with E-state index in [1.165, 1.54) is 0 Å². The molecule has 9 heavy (non-hydrogen) atoms. The van der Waals surface area contributed by atoms with Crippen LogP contribution in [0.25, 0.3) is 0 Å². The third-order valence-corrected chi connectivity index (χ3v) is 0.907. The molecule has 0 fully saturated rings. The van der Waals surface area contributed by atoms with Gasteiger partial charge in [0.15, 0.2) is 0 Å². The number of hydrogen-bond donors (Lipinski definition) is 1. The molecule has 0 aromatic carbocycles. The van der Waals surface area contributed by atoms with Gasteiger partial charge < -0.3 is 10.1 Å². The smallest absolute Gasteiger partial charge is 0.0594 e. The maximum Gasteiger partial charge on any atom is 0.0594 e. The fraction of sp³-hybridized carbons (Fsp3) is 0.857. The van der Waals surface area contributed by atoms with E-state index >= 15 is 0 Å². The van der Waals surface area contributed by atoms with Crippen molar-refractivity contribution in [2.75, 3.05) is 19.7 Å². The zero-order valence-corrected chi connectivity index (χ0v) is 6.31. The molecule has 0 spiro atoms. The van der Waals surface area contributed by atoms with Crippen LogP contribution in [0.5, 0.6) is 0 Å². The Morgan fingerprint density at radius 3 is 2.67 bits per heavy atom. The summed E-state index contributed by atoms with van der Waals surface area (Å²) in [5.74, 6) is 0. The number of hydrogen-bond acceptors (Lipinski definition) is 2.